The number of hydrogen-bond donors (Lipinski definition) is 0. The summed E-state index contributed by atoms with van der Waals surface area (Å²) >= 11 is 0. The molecule has 0 aliphatic heterocycles. The van der Waals surface area contributed by atoms with Gasteiger partial charge in [-0.15, -0.1) is 0 Å². The number of hydrogen-bond acceptors (Lipinski definition) is 0. The quantitative estimate of drug-likeness (QED) is 0.573. The first kappa shape index (κ1) is 15.0. The Bertz CT molecular complexity index is 617. The Labute approximate surface area is 140 Å². The summed E-state index contributed by atoms with van der Waals surface area (Å²) in [5.41, 5.74) is 4.82. The van der Waals surface area contributed by atoms with Crippen molar-refractivity contribution in [3.05, 3.63) is 71.3 Å². The van der Waals surface area contributed by atoms with Crippen LogP contribution in [0.3, 0.4) is 0 Å². The monoisotopic (exact) mass is 304 g/mol. The van der Waals surface area contributed by atoms with Gasteiger partial charge in [0.2, 0.25) is 0 Å². The summed E-state index contributed by atoms with van der Waals surface area (Å²) in [5.74, 6) is 2.52. The van der Waals surface area contributed by atoms with E-state index in [0.717, 1.165) is 11.8 Å². The Kier molecular flexibility index (Phi) is 4.50. The summed E-state index contributed by atoms with van der Waals surface area (Å²) in [5, 5.41) is 0. The lowest BCUT2D eigenvalue weighted by Gasteiger charge is -2.24. The minimum atomic E-state index is 0.706. The van der Waals surface area contributed by atoms with Gasteiger partial charge in [-0.2, -0.15) is 0 Å². The van der Waals surface area contributed by atoms with E-state index in [1.54, 1.807) is 11.1 Å². The fraction of sp³-hybridized carbons (Fsp3) is 0.478. The third kappa shape index (κ3) is 3.68. The van der Waals surface area contributed by atoms with Crippen LogP contribution in [-0.2, 0) is 6.42 Å². The molecule has 1 unspecified atom stereocenters. The Balaban J connectivity index is 1.61. The third-order valence-corrected chi connectivity index (χ3v) is 5.87. The third-order valence-electron chi connectivity index (χ3n) is 5.87. The molecule has 4 rings (SSSR count). The lowest BCUT2D eigenvalue weighted by molar-refractivity contribution is 0.440. The van der Waals surface area contributed by atoms with Gasteiger partial charge in [-0.3, -0.25) is 0 Å². The van der Waals surface area contributed by atoms with Crippen LogP contribution in [0.25, 0.3) is 0 Å². The first-order valence-corrected chi connectivity index (χ1v) is 9.53. The van der Waals surface area contributed by atoms with Crippen LogP contribution in [0.1, 0.15) is 73.5 Å². The highest BCUT2D eigenvalue weighted by molar-refractivity contribution is 5.37. The first-order chi connectivity index (χ1) is 11.4. The number of benzene rings is 2. The molecular weight excluding hydrogens is 276 g/mol. The van der Waals surface area contributed by atoms with Crippen molar-refractivity contribution in [1.29, 1.82) is 0 Å². The predicted molar refractivity (Wildman–Crippen MR) is 97.9 cm³/mol. The Morgan fingerprint density at radius 1 is 0.783 bits per heavy atom. The Morgan fingerprint density at radius 2 is 1.48 bits per heavy atom. The molecule has 0 spiro atoms. The average Bonchev–Trinajstić information content (AvgIpc) is 3.32. The number of rotatable bonds is 6. The lowest BCUT2D eigenvalue weighted by atomic mass is 9.81. The van der Waals surface area contributed by atoms with Gasteiger partial charge in [0.05, 0.1) is 0 Å². The van der Waals surface area contributed by atoms with Crippen LogP contribution in [-0.4, -0.2) is 0 Å². The summed E-state index contributed by atoms with van der Waals surface area (Å²) < 4.78 is 0. The van der Waals surface area contributed by atoms with Gasteiger partial charge in [0.25, 0.3) is 0 Å². The molecule has 120 valence electrons. The van der Waals surface area contributed by atoms with E-state index in [1.807, 2.05) is 0 Å². The zero-order chi connectivity index (χ0) is 15.5. The molecule has 23 heavy (non-hydrogen) atoms. The lowest BCUT2D eigenvalue weighted by Crippen LogP contribution is -2.10. The van der Waals surface area contributed by atoms with Gasteiger partial charge in [0.15, 0.2) is 0 Å². The molecule has 2 aromatic carbocycles. The van der Waals surface area contributed by atoms with Crippen LogP contribution in [0.15, 0.2) is 54.6 Å². The van der Waals surface area contributed by atoms with Gasteiger partial charge >= 0.3 is 0 Å². The maximum atomic E-state index is 2.43. The molecule has 2 aliphatic rings. The highest BCUT2D eigenvalue weighted by Gasteiger charge is 2.29. The summed E-state index contributed by atoms with van der Waals surface area (Å²) in [7, 11) is 0. The summed E-state index contributed by atoms with van der Waals surface area (Å²) in [6.45, 7) is 0. The maximum Gasteiger partial charge on any atom is -0.0116 e. The van der Waals surface area contributed by atoms with E-state index < -0.39 is 0 Å². The van der Waals surface area contributed by atoms with E-state index in [1.165, 1.54) is 56.9 Å². The van der Waals surface area contributed by atoms with E-state index in [9.17, 15) is 0 Å². The zero-order valence-corrected chi connectivity index (χ0v) is 14.1. The van der Waals surface area contributed by atoms with Gasteiger partial charge in [0.1, 0.15) is 0 Å². The van der Waals surface area contributed by atoms with E-state index in [-0.39, 0.29) is 0 Å². The molecular formula is C23H28. The second-order valence-electron chi connectivity index (χ2n) is 7.68. The molecule has 2 saturated carbocycles. The largest absolute Gasteiger partial charge is 0.0622 e. The summed E-state index contributed by atoms with van der Waals surface area (Å²) in [6, 6.07) is 20.5. The molecule has 0 aromatic heterocycles. The summed E-state index contributed by atoms with van der Waals surface area (Å²) in [4.78, 5) is 0. The second kappa shape index (κ2) is 6.91. The van der Waals surface area contributed by atoms with Gasteiger partial charge in [-0.1, -0.05) is 80.3 Å². The van der Waals surface area contributed by atoms with E-state index in [0.29, 0.717) is 5.92 Å². The van der Waals surface area contributed by atoms with Crippen LogP contribution in [0.2, 0.25) is 0 Å². The van der Waals surface area contributed by atoms with Gasteiger partial charge in [-0.25, -0.2) is 0 Å². The van der Waals surface area contributed by atoms with Gasteiger partial charge in [-0.05, 0) is 60.1 Å². The van der Waals surface area contributed by atoms with Crippen molar-refractivity contribution < 1.29 is 0 Å². The van der Waals surface area contributed by atoms with E-state index in [4.69, 9.17) is 0 Å². The zero-order valence-electron chi connectivity index (χ0n) is 14.1. The molecule has 2 fully saturated rings. The standard InChI is InChI=1S/C23H28/c1-2-8-18(9-3-1)16-21(17-19-10-4-5-11-19)23-13-7-6-12-22(23)20-14-15-20/h1-3,6-9,12-13,19-21H,4-5,10-11,14-17H2. The van der Waals surface area contributed by atoms with Crippen LogP contribution in [0.4, 0.5) is 0 Å². The van der Waals surface area contributed by atoms with Crippen molar-refractivity contribution in [3.8, 4) is 0 Å². The van der Waals surface area contributed by atoms with Crippen molar-refractivity contribution in [2.24, 2.45) is 5.92 Å². The molecule has 1 atom stereocenters. The molecule has 0 N–H and O–H groups in total. The van der Waals surface area contributed by atoms with Crippen molar-refractivity contribution in [2.45, 2.75) is 63.2 Å². The smallest absolute Gasteiger partial charge is 0.0116 e. The minimum absolute atomic E-state index is 0.706. The molecule has 0 amide bonds. The maximum absolute atomic E-state index is 2.43. The molecule has 0 nitrogen and oxygen atoms in total. The second-order valence-corrected chi connectivity index (χ2v) is 7.68. The van der Waals surface area contributed by atoms with Crippen molar-refractivity contribution in [3.63, 3.8) is 0 Å². The van der Waals surface area contributed by atoms with Crippen LogP contribution in [0, 0.1) is 5.92 Å². The van der Waals surface area contributed by atoms with Crippen LogP contribution in [0.5, 0.6) is 0 Å². The first-order valence-electron chi connectivity index (χ1n) is 9.53. The van der Waals surface area contributed by atoms with Gasteiger partial charge in [0, 0.05) is 0 Å². The molecule has 0 radical (unpaired) electrons. The molecule has 2 aromatic rings. The fourth-order valence-corrected chi connectivity index (χ4v) is 4.52. The topological polar surface area (TPSA) is 0 Å². The average molecular weight is 304 g/mol. The Morgan fingerprint density at radius 3 is 2.22 bits per heavy atom. The SMILES string of the molecule is c1ccc(CC(CC2CCCC2)c2ccccc2C2CC2)cc1. The van der Waals surface area contributed by atoms with Crippen LogP contribution < -0.4 is 0 Å². The van der Waals surface area contributed by atoms with Crippen molar-refractivity contribution in [2.75, 3.05) is 0 Å². The normalized spacial score (nSPS) is 19.8. The van der Waals surface area contributed by atoms with Crippen molar-refractivity contribution >= 4 is 0 Å². The predicted octanol–water partition coefficient (Wildman–Crippen LogP) is 6.47. The highest BCUT2D eigenvalue weighted by atomic mass is 14.3. The molecule has 0 heterocycles. The highest BCUT2D eigenvalue weighted by Crippen LogP contribution is 2.45. The molecule has 0 heteroatoms. The van der Waals surface area contributed by atoms with Crippen LogP contribution >= 0.6 is 0 Å². The molecule has 2 aliphatic carbocycles. The summed E-state index contributed by atoms with van der Waals surface area (Å²) in [6.07, 6.45) is 11.2. The van der Waals surface area contributed by atoms with E-state index in [2.05, 4.69) is 54.6 Å². The van der Waals surface area contributed by atoms with Crippen molar-refractivity contribution in [1.82, 2.24) is 0 Å². The minimum Gasteiger partial charge on any atom is -0.0622 e. The molecule has 0 saturated heterocycles. The molecule has 0 bridgehead atoms. The Hall–Kier alpha value is -1.56. The van der Waals surface area contributed by atoms with E-state index >= 15 is 0 Å². The van der Waals surface area contributed by atoms with Gasteiger partial charge < -0.3 is 0 Å². The fourth-order valence-electron chi connectivity index (χ4n) is 4.52.